The van der Waals surface area contributed by atoms with E-state index in [1.807, 2.05) is 12.1 Å². The molecular weight excluding hydrogens is 200 g/mol. The second kappa shape index (κ2) is 6.74. The average molecular weight is 224 g/mol. The van der Waals surface area contributed by atoms with Crippen LogP contribution in [0.2, 0.25) is 0 Å². The molecule has 0 spiro atoms. The number of hydrogen-bond donors (Lipinski definition) is 1. The zero-order valence-corrected chi connectivity index (χ0v) is 10.7. The lowest BCUT2D eigenvalue weighted by Gasteiger charge is -2.13. The smallest absolute Gasteiger partial charge is 0.132 e. The number of unbranched alkanes of at least 4 members (excludes halogenated alkanes) is 1. The minimum Gasteiger partial charge on any atom is -0.463 e. The minimum atomic E-state index is -0.498. The van der Waals surface area contributed by atoms with E-state index in [1.165, 1.54) is 32.1 Å². The number of hydrogen-bond acceptors (Lipinski definition) is 2. The Morgan fingerprint density at radius 1 is 1.12 bits per heavy atom. The fraction of sp³-hybridized carbons (Fsp3) is 0.714. The third-order valence-electron chi connectivity index (χ3n) is 3.00. The Kier molecular flexibility index (Phi) is 5.61. The number of aliphatic hydroxyl groups excluding tert-OH is 1. The predicted molar refractivity (Wildman–Crippen MR) is 66.5 cm³/mol. The molecule has 0 bridgehead atoms. The van der Waals surface area contributed by atoms with Crippen LogP contribution >= 0.6 is 0 Å². The molecule has 1 rings (SSSR count). The Labute approximate surface area is 98.7 Å². The summed E-state index contributed by atoms with van der Waals surface area (Å²) in [5, 5.41) is 9.43. The summed E-state index contributed by atoms with van der Waals surface area (Å²) in [5.74, 6) is 2.26. The van der Waals surface area contributed by atoms with E-state index in [-0.39, 0.29) is 0 Å². The molecule has 0 aliphatic rings. The largest absolute Gasteiger partial charge is 0.463 e. The second-order valence-electron chi connectivity index (χ2n) is 4.54. The number of furan rings is 1. The first kappa shape index (κ1) is 13.3. The summed E-state index contributed by atoms with van der Waals surface area (Å²) in [6, 6.07) is 3.92. The van der Waals surface area contributed by atoms with E-state index < -0.39 is 6.10 Å². The average Bonchev–Trinajstić information content (AvgIpc) is 2.73. The summed E-state index contributed by atoms with van der Waals surface area (Å²) in [7, 11) is 0. The van der Waals surface area contributed by atoms with Gasteiger partial charge in [0.2, 0.25) is 0 Å². The summed E-state index contributed by atoms with van der Waals surface area (Å²) in [6.07, 6.45) is 5.52. The lowest BCUT2D eigenvalue weighted by Crippen LogP contribution is -1.97. The van der Waals surface area contributed by atoms with Gasteiger partial charge < -0.3 is 9.52 Å². The van der Waals surface area contributed by atoms with Gasteiger partial charge in [0, 0.05) is 5.92 Å². The molecule has 0 aliphatic carbocycles. The van der Waals surface area contributed by atoms with Crippen molar-refractivity contribution in [1.82, 2.24) is 0 Å². The van der Waals surface area contributed by atoms with E-state index in [4.69, 9.17) is 4.42 Å². The third kappa shape index (κ3) is 3.67. The van der Waals surface area contributed by atoms with Crippen LogP contribution in [0, 0.1) is 0 Å². The highest BCUT2D eigenvalue weighted by molar-refractivity contribution is 5.12. The number of aliphatic hydroxyl groups is 1. The Bertz CT molecular complexity index is 289. The minimum absolute atomic E-state index is 0.498. The van der Waals surface area contributed by atoms with E-state index in [2.05, 4.69) is 13.8 Å². The summed E-state index contributed by atoms with van der Waals surface area (Å²) < 4.78 is 5.71. The van der Waals surface area contributed by atoms with E-state index in [0.29, 0.717) is 11.7 Å². The quantitative estimate of drug-likeness (QED) is 0.744. The van der Waals surface area contributed by atoms with Gasteiger partial charge in [0.15, 0.2) is 0 Å². The highest BCUT2D eigenvalue weighted by atomic mass is 16.4. The fourth-order valence-electron chi connectivity index (χ4n) is 2.04. The van der Waals surface area contributed by atoms with Crippen LogP contribution in [0.25, 0.3) is 0 Å². The van der Waals surface area contributed by atoms with Gasteiger partial charge in [-0.25, -0.2) is 0 Å². The molecule has 0 saturated heterocycles. The molecule has 92 valence electrons. The van der Waals surface area contributed by atoms with Crippen molar-refractivity contribution in [2.45, 2.75) is 64.9 Å². The van der Waals surface area contributed by atoms with Crippen LogP contribution in [0.15, 0.2) is 16.5 Å². The van der Waals surface area contributed by atoms with Crippen LogP contribution in [0.1, 0.15) is 76.4 Å². The first-order valence-corrected chi connectivity index (χ1v) is 6.46. The maximum absolute atomic E-state index is 9.43. The van der Waals surface area contributed by atoms with Crippen molar-refractivity contribution < 1.29 is 9.52 Å². The first-order chi connectivity index (χ1) is 7.69. The molecule has 1 aromatic rings. The molecule has 2 atom stereocenters. The molecule has 0 radical (unpaired) electrons. The van der Waals surface area contributed by atoms with E-state index in [0.717, 1.165) is 5.76 Å². The highest BCUT2D eigenvalue weighted by Gasteiger charge is 2.15. The maximum atomic E-state index is 9.43. The van der Waals surface area contributed by atoms with Crippen LogP contribution in [0.5, 0.6) is 0 Å². The number of rotatable bonds is 7. The standard InChI is InChI=1S/C14H24O2/c1-4-6-8-12(7-5-2)14-10-9-13(16-14)11(3)15/h9-12,15H,4-8H2,1-3H3. The molecule has 2 unspecified atom stereocenters. The van der Waals surface area contributed by atoms with Crippen LogP contribution in [-0.4, -0.2) is 5.11 Å². The maximum Gasteiger partial charge on any atom is 0.132 e. The van der Waals surface area contributed by atoms with Crippen LogP contribution < -0.4 is 0 Å². The lowest BCUT2D eigenvalue weighted by atomic mass is 9.95. The Morgan fingerprint density at radius 2 is 1.81 bits per heavy atom. The van der Waals surface area contributed by atoms with Gasteiger partial charge in [-0.1, -0.05) is 33.1 Å². The Hall–Kier alpha value is -0.760. The lowest BCUT2D eigenvalue weighted by molar-refractivity contribution is 0.165. The molecule has 1 N–H and O–H groups in total. The van der Waals surface area contributed by atoms with Crippen molar-refractivity contribution in [2.24, 2.45) is 0 Å². The normalized spacial score (nSPS) is 15.0. The van der Waals surface area contributed by atoms with Crippen molar-refractivity contribution >= 4 is 0 Å². The van der Waals surface area contributed by atoms with Gasteiger partial charge in [-0.3, -0.25) is 0 Å². The molecule has 1 heterocycles. The van der Waals surface area contributed by atoms with Crippen molar-refractivity contribution in [3.05, 3.63) is 23.7 Å². The summed E-state index contributed by atoms with van der Waals surface area (Å²) in [4.78, 5) is 0. The summed E-state index contributed by atoms with van der Waals surface area (Å²) in [6.45, 7) is 6.16. The van der Waals surface area contributed by atoms with E-state index in [9.17, 15) is 5.11 Å². The predicted octanol–water partition coefficient (Wildman–Crippen LogP) is 4.41. The van der Waals surface area contributed by atoms with Crippen LogP contribution in [-0.2, 0) is 0 Å². The van der Waals surface area contributed by atoms with Gasteiger partial charge in [-0.05, 0) is 31.9 Å². The third-order valence-corrected chi connectivity index (χ3v) is 3.00. The monoisotopic (exact) mass is 224 g/mol. The van der Waals surface area contributed by atoms with Crippen LogP contribution in [0.3, 0.4) is 0 Å². The molecule has 0 amide bonds. The second-order valence-corrected chi connectivity index (χ2v) is 4.54. The highest BCUT2D eigenvalue weighted by Crippen LogP contribution is 2.29. The summed E-state index contributed by atoms with van der Waals surface area (Å²) >= 11 is 0. The molecule has 0 aromatic carbocycles. The van der Waals surface area contributed by atoms with Crippen molar-refractivity contribution in [2.75, 3.05) is 0 Å². The van der Waals surface area contributed by atoms with Gasteiger partial charge in [0.25, 0.3) is 0 Å². The molecular formula is C14H24O2. The zero-order chi connectivity index (χ0) is 12.0. The SMILES string of the molecule is CCCCC(CCC)c1ccc(C(C)O)o1. The molecule has 0 aliphatic heterocycles. The topological polar surface area (TPSA) is 33.4 Å². The van der Waals surface area contributed by atoms with Gasteiger partial charge in [0.1, 0.15) is 17.6 Å². The van der Waals surface area contributed by atoms with Gasteiger partial charge in [-0.2, -0.15) is 0 Å². The molecule has 2 nitrogen and oxygen atoms in total. The molecule has 0 fully saturated rings. The van der Waals surface area contributed by atoms with Gasteiger partial charge in [0.05, 0.1) is 0 Å². The fourth-order valence-corrected chi connectivity index (χ4v) is 2.04. The van der Waals surface area contributed by atoms with Crippen molar-refractivity contribution in [1.29, 1.82) is 0 Å². The Morgan fingerprint density at radius 3 is 2.31 bits per heavy atom. The van der Waals surface area contributed by atoms with Gasteiger partial charge in [-0.15, -0.1) is 0 Å². The van der Waals surface area contributed by atoms with Gasteiger partial charge >= 0.3 is 0 Å². The van der Waals surface area contributed by atoms with E-state index >= 15 is 0 Å². The molecule has 2 heteroatoms. The molecule has 1 aromatic heterocycles. The zero-order valence-electron chi connectivity index (χ0n) is 10.7. The summed E-state index contributed by atoms with van der Waals surface area (Å²) in [5.41, 5.74) is 0. The first-order valence-electron chi connectivity index (χ1n) is 6.46. The molecule has 16 heavy (non-hydrogen) atoms. The molecule has 0 saturated carbocycles. The Balaban J connectivity index is 2.67. The van der Waals surface area contributed by atoms with Crippen molar-refractivity contribution in [3.63, 3.8) is 0 Å². The van der Waals surface area contributed by atoms with Crippen LogP contribution in [0.4, 0.5) is 0 Å². The van der Waals surface area contributed by atoms with Crippen molar-refractivity contribution in [3.8, 4) is 0 Å². The van der Waals surface area contributed by atoms with E-state index in [1.54, 1.807) is 6.92 Å².